The quantitative estimate of drug-likeness (QED) is 0.224. The van der Waals surface area contributed by atoms with Crippen LogP contribution >= 0.6 is 0 Å². The van der Waals surface area contributed by atoms with Crippen LogP contribution in [0.4, 0.5) is 0 Å². The fourth-order valence-electron chi connectivity index (χ4n) is 6.17. The molecule has 3 aromatic rings. The van der Waals surface area contributed by atoms with Crippen LogP contribution in [0.2, 0.25) is 0 Å². The van der Waals surface area contributed by atoms with Crippen LogP contribution < -0.4 is 0 Å². The van der Waals surface area contributed by atoms with Gasteiger partial charge in [0.25, 0.3) is 0 Å². The molecule has 0 saturated carbocycles. The van der Waals surface area contributed by atoms with Crippen molar-refractivity contribution in [3.63, 3.8) is 0 Å². The number of carbonyl (C=O) groups is 6. The molecule has 1 heterocycles. The van der Waals surface area contributed by atoms with Crippen LogP contribution in [0.1, 0.15) is 16.7 Å². The van der Waals surface area contributed by atoms with E-state index in [2.05, 4.69) is 0 Å². The number of ether oxygens (including phenoxy) is 3. The Morgan fingerprint density at radius 3 is 0.789 bits per heavy atom. The van der Waals surface area contributed by atoms with E-state index in [1.165, 1.54) is 50.7 Å². The largest absolute Gasteiger partial charge is 0.383 e. The Morgan fingerprint density at radius 1 is 0.351 bits per heavy atom. The first kappa shape index (κ1) is 44.1. The van der Waals surface area contributed by atoms with E-state index < -0.39 is 74.7 Å². The Labute approximate surface area is 334 Å². The summed E-state index contributed by atoms with van der Waals surface area (Å²) >= 11 is 0. The zero-order chi connectivity index (χ0) is 41.0. The molecule has 1 saturated heterocycles. The number of carbonyl (C=O) groups excluding carboxylic acids is 6. The minimum atomic E-state index is -0.520. The molecule has 0 bridgehead atoms. The molecule has 1 aliphatic rings. The highest BCUT2D eigenvalue weighted by molar-refractivity contribution is 5.93. The summed E-state index contributed by atoms with van der Waals surface area (Å²) in [5.41, 5.74) is 2.25. The summed E-state index contributed by atoms with van der Waals surface area (Å²) in [5, 5.41) is 0. The maximum Gasteiger partial charge on any atom is 0.242 e. The third kappa shape index (κ3) is 14.4. The van der Waals surface area contributed by atoms with E-state index in [4.69, 9.17) is 14.2 Å². The van der Waals surface area contributed by atoms with E-state index in [1.54, 1.807) is 0 Å². The molecule has 4 rings (SSSR count). The second-order valence-corrected chi connectivity index (χ2v) is 13.6. The lowest BCUT2D eigenvalue weighted by Crippen LogP contribution is -2.53. The third-order valence-electron chi connectivity index (χ3n) is 9.42. The Morgan fingerprint density at radius 2 is 0.561 bits per heavy atom. The summed E-state index contributed by atoms with van der Waals surface area (Å²) in [6, 6.07) is 27.4. The first-order chi connectivity index (χ1) is 27.6. The maximum atomic E-state index is 14.2. The number of hydrogen-bond acceptors (Lipinski definition) is 9. The van der Waals surface area contributed by atoms with Gasteiger partial charge in [-0.15, -0.1) is 0 Å². The van der Waals surface area contributed by atoms with Crippen molar-refractivity contribution in [3.8, 4) is 0 Å². The average molecular weight is 787 g/mol. The van der Waals surface area contributed by atoms with Gasteiger partial charge in [0.2, 0.25) is 35.4 Å². The molecule has 1 aliphatic heterocycles. The predicted octanol–water partition coefficient (Wildman–Crippen LogP) is 1.51. The van der Waals surface area contributed by atoms with Gasteiger partial charge < -0.3 is 43.6 Å². The van der Waals surface area contributed by atoms with Gasteiger partial charge in [-0.25, -0.2) is 0 Å². The van der Waals surface area contributed by atoms with Crippen LogP contribution in [-0.2, 0) is 62.6 Å². The fourth-order valence-corrected chi connectivity index (χ4v) is 6.17. The lowest BCUT2D eigenvalue weighted by atomic mass is 10.2. The Bertz CT molecular complexity index is 1550. The smallest absolute Gasteiger partial charge is 0.242 e. The standard InChI is InChI=1S/C42H54N6O9/c1-55-22-19-43-28-40(52)47(26-35-15-9-5-10-16-35)32-38(50)45(21-24-57-3)30-42(54)48(27-36-17-11-6-12-18-36)33-39(51)44(20-23-56-2)29-41(53)46(31-37(43)49)25-34-13-7-4-8-14-34/h4-18H,19-33H2,1-3H3. The molecule has 15 heteroatoms. The van der Waals surface area contributed by atoms with Gasteiger partial charge in [-0.1, -0.05) is 91.0 Å². The molecule has 0 aromatic heterocycles. The van der Waals surface area contributed by atoms with Crippen molar-refractivity contribution in [1.82, 2.24) is 29.4 Å². The van der Waals surface area contributed by atoms with Gasteiger partial charge >= 0.3 is 0 Å². The monoisotopic (exact) mass is 786 g/mol. The second-order valence-electron chi connectivity index (χ2n) is 13.6. The molecule has 57 heavy (non-hydrogen) atoms. The molecule has 1 fully saturated rings. The van der Waals surface area contributed by atoms with Crippen LogP contribution in [0.15, 0.2) is 91.0 Å². The van der Waals surface area contributed by atoms with Gasteiger partial charge in [0.15, 0.2) is 0 Å². The van der Waals surface area contributed by atoms with Crippen molar-refractivity contribution in [2.45, 2.75) is 19.6 Å². The molecule has 0 spiro atoms. The highest BCUT2D eigenvalue weighted by atomic mass is 16.5. The third-order valence-corrected chi connectivity index (χ3v) is 9.42. The van der Waals surface area contributed by atoms with Crippen molar-refractivity contribution < 1.29 is 43.0 Å². The van der Waals surface area contributed by atoms with Crippen molar-refractivity contribution >= 4 is 35.4 Å². The van der Waals surface area contributed by atoms with Gasteiger partial charge in [0, 0.05) is 60.6 Å². The van der Waals surface area contributed by atoms with Gasteiger partial charge in [-0.2, -0.15) is 0 Å². The molecular weight excluding hydrogens is 732 g/mol. The van der Waals surface area contributed by atoms with E-state index >= 15 is 0 Å². The van der Waals surface area contributed by atoms with Crippen LogP contribution in [0, 0.1) is 0 Å². The van der Waals surface area contributed by atoms with Crippen molar-refractivity contribution in [2.24, 2.45) is 0 Å². The molecule has 0 N–H and O–H groups in total. The van der Waals surface area contributed by atoms with Crippen LogP contribution in [0.5, 0.6) is 0 Å². The molecule has 3 aromatic carbocycles. The second kappa shape index (κ2) is 23.4. The summed E-state index contributed by atoms with van der Waals surface area (Å²) in [4.78, 5) is 93.1. The summed E-state index contributed by atoms with van der Waals surface area (Å²) < 4.78 is 15.9. The number of rotatable bonds is 15. The number of methoxy groups -OCH3 is 3. The number of benzene rings is 3. The molecule has 306 valence electrons. The van der Waals surface area contributed by atoms with Crippen LogP contribution in [0.25, 0.3) is 0 Å². The van der Waals surface area contributed by atoms with Crippen molar-refractivity contribution in [3.05, 3.63) is 108 Å². The van der Waals surface area contributed by atoms with Gasteiger partial charge in [0.1, 0.15) is 19.6 Å². The molecule has 0 radical (unpaired) electrons. The van der Waals surface area contributed by atoms with Gasteiger partial charge in [-0.05, 0) is 16.7 Å². The Hall–Kier alpha value is -5.64. The topological polar surface area (TPSA) is 150 Å². The SMILES string of the molecule is COCCN1CC(=O)N(Cc2ccccc2)CC(=O)N(CCOC)CC(=O)N(Cc2ccccc2)CC(=O)N(CCOC)CC(=O)N(Cc2ccccc2)CC1=O. The summed E-state index contributed by atoms with van der Waals surface area (Å²) in [6.07, 6.45) is 0. The molecular formula is C42H54N6O9. The first-order valence-corrected chi connectivity index (χ1v) is 18.9. The number of nitrogens with zero attached hydrogens (tertiary/aromatic N) is 6. The average Bonchev–Trinajstić information content (AvgIpc) is 3.22. The van der Waals surface area contributed by atoms with Crippen LogP contribution in [0.3, 0.4) is 0 Å². The summed E-state index contributed by atoms with van der Waals surface area (Å²) in [6.45, 7) is -1.87. The van der Waals surface area contributed by atoms with E-state index in [0.717, 1.165) is 16.7 Å². The summed E-state index contributed by atoms with van der Waals surface area (Å²) in [5.74, 6) is -3.11. The van der Waals surface area contributed by atoms with Gasteiger partial charge in [-0.3, -0.25) is 28.8 Å². The zero-order valence-electron chi connectivity index (χ0n) is 33.1. The molecule has 0 unspecified atom stereocenters. The highest BCUT2D eigenvalue weighted by Gasteiger charge is 2.31. The minimum absolute atomic E-state index is 0.0335. The predicted molar refractivity (Wildman–Crippen MR) is 211 cm³/mol. The molecule has 6 amide bonds. The van der Waals surface area contributed by atoms with E-state index in [1.807, 2.05) is 91.0 Å². The molecule has 0 aliphatic carbocycles. The lowest BCUT2D eigenvalue weighted by molar-refractivity contribution is -0.151. The Balaban J connectivity index is 1.79. The zero-order valence-corrected chi connectivity index (χ0v) is 33.1. The lowest BCUT2D eigenvalue weighted by Gasteiger charge is -2.33. The molecule has 0 atom stereocenters. The summed E-state index contributed by atoms with van der Waals surface area (Å²) in [7, 11) is 4.42. The number of amides is 6. The normalized spacial score (nSPS) is 16.1. The highest BCUT2D eigenvalue weighted by Crippen LogP contribution is 2.13. The molecule has 15 nitrogen and oxygen atoms in total. The van der Waals surface area contributed by atoms with Crippen LogP contribution in [-0.4, -0.2) is 165 Å². The van der Waals surface area contributed by atoms with E-state index in [0.29, 0.717) is 0 Å². The fraction of sp³-hybridized carbons (Fsp3) is 0.429. The van der Waals surface area contributed by atoms with Gasteiger partial charge in [0.05, 0.1) is 39.5 Å². The van der Waals surface area contributed by atoms with E-state index in [-0.39, 0.29) is 59.1 Å². The Kier molecular flexibility index (Phi) is 18.1. The minimum Gasteiger partial charge on any atom is -0.383 e. The van der Waals surface area contributed by atoms with Crippen molar-refractivity contribution in [1.29, 1.82) is 0 Å². The van der Waals surface area contributed by atoms with Crippen molar-refractivity contribution in [2.75, 3.05) is 100 Å². The maximum absolute atomic E-state index is 14.2. The first-order valence-electron chi connectivity index (χ1n) is 18.9. The number of hydrogen-bond donors (Lipinski definition) is 0. The van der Waals surface area contributed by atoms with E-state index in [9.17, 15) is 28.8 Å².